The highest BCUT2D eigenvalue weighted by atomic mass is 16.6. The van der Waals surface area contributed by atoms with Crippen LogP contribution in [-0.4, -0.2) is 28.6 Å². The van der Waals surface area contributed by atoms with Crippen LogP contribution in [0, 0.1) is 23.0 Å². The van der Waals surface area contributed by atoms with Gasteiger partial charge in [0.15, 0.2) is 0 Å². The fraction of sp³-hybridized carbons (Fsp3) is 0.500. The lowest BCUT2D eigenvalue weighted by atomic mass is 10.0. The van der Waals surface area contributed by atoms with E-state index in [4.69, 9.17) is 0 Å². The number of hydrogen-bond donors (Lipinski definition) is 2. The Bertz CT molecular complexity index is 530. The highest BCUT2D eigenvalue weighted by Crippen LogP contribution is 2.25. The number of amides is 1. The fourth-order valence-electron chi connectivity index (χ4n) is 2.54. The number of nitrogens with one attached hydrogen (secondary N) is 1. The van der Waals surface area contributed by atoms with E-state index < -0.39 is 4.92 Å². The van der Waals surface area contributed by atoms with Gasteiger partial charge in [0.2, 0.25) is 0 Å². The molecule has 0 bridgehead atoms. The molecule has 1 saturated carbocycles. The summed E-state index contributed by atoms with van der Waals surface area (Å²) in [7, 11) is 0. The number of nitrogens with zero attached hydrogens (tertiary/aromatic N) is 1. The molecule has 20 heavy (non-hydrogen) atoms. The third-order valence-electron chi connectivity index (χ3n) is 3.82. The second-order valence-electron chi connectivity index (χ2n) is 5.22. The Morgan fingerprint density at radius 2 is 2.25 bits per heavy atom. The Hall–Kier alpha value is -1.95. The molecule has 0 spiro atoms. The number of non-ortho nitro benzene ring substituents is 1. The summed E-state index contributed by atoms with van der Waals surface area (Å²) in [5.74, 6) is -0.247. The molecule has 6 nitrogen and oxygen atoms in total. The highest BCUT2D eigenvalue weighted by molar-refractivity contribution is 5.96. The first-order valence-corrected chi connectivity index (χ1v) is 6.70. The lowest BCUT2D eigenvalue weighted by Crippen LogP contribution is -2.32. The lowest BCUT2D eigenvalue weighted by Gasteiger charge is -2.15. The van der Waals surface area contributed by atoms with Crippen molar-refractivity contribution in [2.24, 2.45) is 5.92 Å². The number of benzene rings is 1. The van der Waals surface area contributed by atoms with Crippen molar-refractivity contribution < 1.29 is 14.8 Å². The number of aliphatic hydroxyl groups is 1. The van der Waals surface area contributed by atoms with Crippen LogP contribution in [0.5, 0.6) is 0 Å². The summed E-state index contributed by atoms with van der Waals surface area (Å²) in [6.45, 7) is 2.14. The van der Waals surface area contributed by atoms with Crippen molar-refractivity contribution in [2.75, 3.05) is 6.54 Å². The molecule has 2 rings (SSSR count). The first-order valence-electron chi connectivity index (χ1n) is 6.70. The number of hydrogen-bond acceptors (Lipinski definition) is 4. The first kappa shape index (κ1) is 14.5. The Balaban J connectivity index is 2.05. The monoisotopic (exact) mass is 278 g/mol. The fourth-order valence-corrected chi connectivity index (χ4v) is 2.54. The number of aliphatic hydroxyl groups excluding tert-OH is 1. The van der Waals surface area contributed by atoms with Crippen LogP contribution in [0.1, 0.15) is 35.2 Å². The number of nitro benzene ring substituents is 1. The molecule has 2 atom stereocenters. The van der Waals surface area contributed by atoms with Gasteiger partial charge in [-0.2, -0.15) is 0 Å². The molecule has 2 N–H and O–H groups in total. The van der Waals surface area contributed by atoms with Crippen LogP contribution in [0.4, 0.5) is 5.69 Å². The number of rotatable bonds is 4. The van der Waals surface area contributed by atoms with Crippen molar-refractivity contribution in [3.05, 3.63) is 39.4 Å². The third-order valence-corrected chi connectivity index (χ3v) is 3.82. The zero-order chi connectivity index (χ0) is 14.7. The van der Waals surface area contributed by atoms with E-state index in [0.717, 1.165) is 19.3 Å². The summed E-state index contributed by atoms with van der Waals surface area (Å²) in [5.41, 5.74) is 0.911. The molecule has 1 aromatic rings. The van der Waals surface area contributed by atoms with Gasteiger partial charge in [-0.1, -0.05) is 12.5 Å². The molecule has 0 aromatic heterocycles. The quantitative estimate of drug-likeness (QED) is 0.648. The minimum Gasteiger partial charge on any atom is -0.393 e. The topological polar surface area (TPSA) is 92.5 Å². The Morgan fingerprint density at radius 3 is 2.85 bits per heavy atom. The van der Waals surface area contributed by atoms with E-state index in [1.807, 2.05) is 0 Å². The number of carbonyl (C=O) groups excluding carboxylic acids is 1. The summed E-state index contributed by atoms with van der Waals surface area (Å²) in [4.78, 5) is 22.3. The van der Waals surface area contributed by atoms with Crippen LogP contribution in [0.2, 0.25) is 0 Å². The van der Waals surface area contributed by atoms with Crippen molar-refractivity contribution >= 4 is 11.6 Å². The third kappa shape index (κ3) is 3.14. The highest BCUT2D eigenvalue weighted by Gasteiger charge is 2.25. The molecule has 1 aliphatic rings. The lowest BCUT2D eigenvalue weighted by molar-refractivity contribution is -0.384. The van der Waals surface area contributed by atoms with E-state index in [1.165, 1.54) is 12.1 Å². The summed E-state index contributed by atoms with van der Waals surface area (Å²) < 4.78 is 0. The van der Waals surface area contributed by atoms with E-state index in [9.17, 15) is 20.0 Å². The molecular formula is C14H18N2O4. The minimum absolute atomic E-state index is 0.0814. The molecule has 0 radical (unpaired) electrons. The summed E-state index contributed by atoms with van der Waals surface area (Å²) in [5, 5.41) is 23.2. The second-order valence-corrected chi connectivity index (χ2v) is 5.22. The molecule has 1 aliphatic carbocycles. The predicted octanol–water partition coefficient (Wildman–Crippen LogP) is 1.79. The van der Waals surface area contributed by atoms with Crippen molar-refractivity contribution in [1.82, 2.24) is 5.32 Å². The largest absolute Gasteiger partial charge is 0.393 e. The number of nitro groups is 1. The van der Waals surface area contributed by atoms with Gasteiger partial charge in [-0.25, -0.2) is 0 Å². The molecule has 1 aromatic carbocycles. The maximum atomic E-state index is 12.1. The van der Waals surface area contributed by atoms with Crippen LogP contribution in [0.15, 0.2) is 18.2 Å². The normalized spacial score (nSPS) is 21.7. The van der Waals surface area contributed by atoms with Gasteiger partial charge in [-0.3, -0.25) is 14.9 Å². The summed E-state index contributed by atoms with van der Waals surface area (Å²) in [6.07, 6.45) is 2.28. The molecule has 0 saturated heterocycles. The second kappa shape index (κ2) is 6.00. The van der Waals surface area contributed by atoms with E-state index in [2.05, 4.69) is 5.32 Å². The Morgan fingerprint density at radius 1 is 1.50 bits per heavy atom. The van der Waals surface area contributed by atoms with Crippen molar-refractivity contribution in [1.29, 1.82) is 0 Å². The molecule has 2 unspecified atom stereocenters. The minimum atomic E-state index is -0.517. The van der Waals surface area contributed by atoms with Crippen LogP contribution in [-0.2, 0) is 0 Å². The van der Waals surface area contributed by atoms with Crippen LogP contribution in [0.25, 0.3) is 0 Å². The molecule has 1 fully saturated rings. The number of aryl methyl sites for hydroxylation is 1. The SMILES string of the molecule is Cc1ccc([N+](=O)[O-])cc1C(=O)NCC1CCCC1O. The number of carbonyl (C=O) groups is 1. The Kier molecular flexibility index (Phi) is 4.34. The van der Waals surface area contributed by atoms with Crippen molar-refractivity contribution in [2.45, 2.75) is 32.3 Å². The molecule has 108 valence electrons. The van der Waals surface area contributed by atoms with Gasteiger partial charge in [0.05, 0.1) is 11.0 Å². The van der Waals surface area contributed by atoms with Crippen LogP contribution < -0.4 is 5.32 Å². The van der Waals surface area contributed by atoms with Crippen LogP contribution in [0.3, 0.4) is 0 Å². The van der Waals surface area contributed by atoms with Crippen molar-refractivity contribution in [3.63, 3.8) is 0 Å². The summed E-state index contributed by atoms with van der Waals surface area (Å²) >= 11 is 0. The van der Waals surface area contributed by atoms with Gasteiger partial charge in [0.1, 0.15) is 0 Å². The predicted molar refractivity (Wildman–Crippen MR) is 73.5 cm³/mol. The van der Waals surface area contributed by atoms with Crippen molar-refractivity contribution in [3.8, 4) is 0 Å². The van der Waals surface area contributed by atoms with Gasteiger partial charge in [-0.15, -0.1) is 0 Å². The maximum Gasteiger partial charge on any atom is 0.270 e. The Labute approximate surface area is 117 Å². The average molecular weight is 278 g/mol. The smallest absolute Gasteiger partial charge is 0.270 e. The van der Waals surface area contributed by atoms with Gasteiger partial charge in [-0.05, 0) is 25.3 Å². The molecule has 6 heteroatoms. The molecule has 1 amide bonds. The summed E-state index contributed by atoms with van der Waals surface area (Å²) in [6, 6.07) is 4.24. The molecular weight excluding hydrogens is 260 g/mol. The maximum absolute atomic E-state index is 12.1. The molecule has 0 aliphatic heterocycles. The van der Waals surface area contributed by atoms with Gasteiger partial charge >= 0.3 is 0 Å². The van der Waals surface area contributed by atoms with E-state index in [0.29, 0.717) is 17.7 Å². The van der Waals surface area contributed by atoms with E-state index in [1.54, 1.807) is 13.0 Å². The van der Waals surface area contributed by atoms with Gasteiger partial charge in [0.25, 0.3) is 11.6 Å². The van der Waals surface area contributed by atoms with Crippen LogP contribution >= 0.6 is 0 Å². The first-order chi connectivity index (χ1) is 9.49. The molecule has 0 heterocycles. The van der Waals surface area contributed by atoms with Gasteiger partial charge in [0, 0.05) is 30.2 Å². The zero-order valence-corrected chi connectivity index (χ0v) is 11.3. The van der Waals surface area contributed by atoms with Gasteiger partial charge < -0.3 is 10.4 Å². The zero-order valence-electron chi connectivity index (χ0n) is 11.3. The standard InChI is InChI=1S/C14H18N2O4/c1-9-5-6-11(16(19)20)7-12(9)14(18)15-8-10-3-2-4-13(10)17/h5-7,10,13,17H,2-4,8H2,1H3,(H,15,18). The average Bonchev–Trinajstić information content (AvgIpc) is 2.81. The van der Waals surface area contributed by atoms with E-state index in [-0.39, 0.29) is 23.6 Å². The van der Waals surface area contributed by atoms with E-state index >= 15 is 0 Å².